The molecule has 0 radical (unpaired) electrons. The van der Waals surface area contributed by atoms with Crippen molar-refractivity contribution in [3.63, 3.8) is 0 Å². The summed E-state index contributed by atoms with van der Waals surface area (Å²) in [5.41, 5.74) is 4.67. The van der Waals surface area contributed by atoms with Crippen molar-refractivity contribution < 1.29 is 23.0 Å². The monoisotopic (exact) mass is 419 g/mol. The van der Waals surface area contributed by atoms with Gasteiger partial charge in [-0.05, 0) is 53.8 Å². The van der Waals surface area contributed by atoms with Gasteiger partial charge in [-0.1, -0.05) is 12.1 Å². The molecular weight excluding hydrogens is 395 g/mol. The zero-order chi connectivity index (χ0) is 20.9. The lowest BCUT2D eigenvalue weighted by molar-refractivity contribution is -0.184. The van der Waals surface area contributed by atoms with Crippen LogP contribution < -0.4 is 10.3 Å². The van der Waals surface area contributed by atoms with Gasteiger partial charge < -0.3 is 20.2 Å². The molecular formula is C22H24F3N3O2. The fraction of sp³-hybridized carbons (Fsp3) is 0.455. The van der Waals surface area contributed by atoms with Crippen LogP contribution >= 0.6 is 0 Å². The van der Waals surface area contributed by atoms with Crippen LogP contribution in [0.2, 0.25) is 0 Å². The molecule has 0 spiro atoms. The van der Waals surface area contributed by atoms with Gasteiger partial charge in [0.2, 0.25) is 0 Å². The summed E-state index contributed by atoms with van der Waals surface area (Å²) in [6, 6.07) is 13.2. The summed E-state index contributed by atoms with van der Waals surface area (Å²) in [5.74, 6) is 0.957. The lowest BCUT2D eigenvalue weighted by Gasteiger charge is -2.36. The standard InChI is InChI=1S/C22H24F3N3O2/c23-22(24,25)18-3-7-20(8-4-18)27-9-15-11-28(12-16(15)10-27)26-19-5-1-17(2-6-19)21(29)13-30-14-21/h1-8,15-16,26,29H,9-14H2. The summed E-state index contributed by atoms with van der Waals surface area (Å²) in [6.45, 7) is 4.15. The van der Waals surface area contributed by atoms with Crippen molar-refractivity contribution >= 4 is 11.4 Å². The third kappa shape index (κ3) is 3.64. The topological polar surface area (TPSA) is 48.0 Å². The van der Waals surface area contributed by atoms with Crippen molar-refractivity contribution in [2.24, 2.45) is 11.8 Å². The largest absolute Gasteiger partial charge is 0.416 e. The van der Waals surface area contributed by atoms with E-state index in [1.165, 1.54) is 0 Å². The van der Waals surface area contributed by atoms with Crippen LogP contribution in [-0.4, -0.2) is 49.5 Å². The molecule has 5 nitrogen and oxygen atoms in total. The van der Waals surface area contributed by atoms with Crippen LogP contribution in [0.5, 0.6) is 0 Å². The summed E-state index contributed by atoms with van der Waals surface area (Å²) >= 11 is 0. The van der Waals surface area contributed by atoms with Crippen LogP contribution in [0.25, 0.3) is 0 Å². The van der Waals surface area contributed by atoms with E-state index in [0.717, 1.165) is 55.2 Å². The summed E-state index contributed by atoms with van der Waals surface area (Å²) < 4.78 is 43.4. The Bertz CT molecular complexity index is 883. The SMILES string of the molecule is OC1(c2ccc(NN3CC4CN(c5ccc(C(F)(F)F)cc5)CC4C3)cc2)COC1. The maximum absolute atomic E-state index is 12.8. The molecule has 5 rings (SSSR count). The third-order valence-electron chi connectivity index (χ3n) is 6.44. The van der Waals surface area contributed by atoms with Crippen molar-refractivity contribution in [2.75, 3.05) is 49.7 Å². The smallest absolute Gasteiger partial charge is 0.380 e. The van der Waals surface area contributed by atoms with Crippen LogP contribution in [-0.2, 0) is 16.5 Å². The molecule has 2 aromatic carbocycles. The molecule has 3 saturated heterocycles. The molecule has 0 bridgehead atoms. The van der Waals surface area contributed by atoms with Crippen LogP contribution in [0.1, 0.15) is 11.1 Å². The first-order valence-electron chi connectivity index (χ1n) is 10.1. The number of hydrazine groups is 1. The molecule has 3 fully saturated rings. The fourth-order valence-corrected chi connectivity index (χ4v) is 4.66. The maximum Gasteiger partial charge on any atom is 0.416 e. The van der Waals surface area contributed by atoms with E-state index in [-0.39, 0.29) is 0 Å². The van der Waals surface area contributed by atoms with E-state index in [0.29, 0.717) is 25.0 Å². The molecule has 0 aliphatic carbocycles. The Labute approximate surface area is 173 Å². The minimum Gasteiger partial charge on any atom is -0.380 e. The highest BCUT2D eigenvalue weighted by Crippen LogP contribution is 2.36. The number of hydrogen-bond donors (Lipinski definition) is 2. The Balaban J connectivity index is 1.16. The molecule has 0 saturated carbocycles. The number of nitrogens with one attached hydrogen (secondary N) is 1. The molecule has 2 aromatic rings. The van der Waals surface area contributed by atoms with Crippen molar-refractivity contribution in [1.82, 2.24) is 5.01 Å². The van der Waals surface area contributed by atoms with Crippen molar-refractivity contribution in [3.8, 4) is 0 Å². The van der Waals surface area contributed by atoms with E-state index in [1.54, 1.807) is 12.1 Å². The Morgan fingerprint density at radius 2 is 1.50 bits per heavy atom. The summed E-state index contributed by atoms with van der Waals surface area (Å²) in [7, 11) is 0. The number of ether oxygens (including phenoxy) is 1. The molecule has 160 valence electrons. The Kier molecular flexibility index (Phi) is 4.68. The average molecular weight is 419 g/mol. The van der Waals surface area contributed by atoms with Crippen LogP contribution in [0.4, 0.5) is 24.5 Å². The second kappa shape index (κ2) is 7.14. The summed E-state index contributed by atoms with van der Waals surface area (Å²) in [6.07, 6.45) is -4.30. The lowest BCUT2D eigenvalue weighted by Crippen LogP contribution is -2.46. The van der Waals surface area contributed by atoms with Gasteiger partial charge in [-0.2, -0.15) is 13.2 Å². The quantitative estimate of drug-likeness (QED) is 0.796. The highest BCUT2D eigenvalue weighted by molar-refractivity contribution is 5.50. The molecule has 0 amide bonds. The average Bonchev–Trinajstić information content (AvgIpc) is 3.25. The minimum absolute atomic E-state index is 0.338. The molecule has 30 heavy (non-hydrogen) atoms. The van der Waals surface area contributed by atoms with Gasteiger partial charge in [-0.3, -0.25) is 0 Å². The molecule has 2 N–H and O–H groups in total. The number of alkyl halides is 3. The van der Waals surface area contributed by atoms with Gasteiger partial charge in [0.15, 0.2) is 0 Å². The number of halogens is 3. The number of rotatable bonds is 4. The van der Waals surface area contributed by atoms with Crippen molar-refractivity contribution in [1.29, 1.82) is 0 Å². The summed E-state index contributed by atoms with van der Waals surface area (Å²) in [4.78, 5) is 2.18. The zero-order valence-corrected chi connectivity index (χ0v) is 16.4. The normalized spacial score (nSPS) is 25.8. The molecule has 3 aliphatic heterocycles. The van der Waals surface area contributed by atoms with E-state index in [2.05, 4.69) is 15.3 Å². The Morgan fingerprint density at radius 3 is 2.00 bits per heavy atom. The molecule has 0 aromatic heterocycles. The highest BCUT2D eigenvalue weighted by atomic mass is 19.4. The first-order chi connectivity index (χ1) is 14.3. The maximum atomic E-state index is 12.8. The number of aliphatic hydroxyl groups is 1. The zero-order valence-electron chi connectivity index (χ0n) is 16.4. The number of fused-ring (bicyclic) bond motifs is 1. The van der Waals surface area contributed by atoms with E-state index in [4.69, 9.17) is 4.74 Å². The Hall–Kier alpha value is -2.29. The van der Waals surface area contributed by atoms with Gasteiger partial charge in [-0.25, -0.2) is 5.01 Å². The number of hydrogen-bond acceptors (Lipinski definition) is 5. The number of nitrogens with zero attached hydrogens (tertiary/aromatic N) is 2. The van der Waals surface area contributed by atoms with Gasteiger partial charge in [-0.15, -0.1) is 0 Å². The van der Waals surface area contributed by atoms with Crippen LogP contribution in [0.15, 0.2) is 48.5 Å². The van der Waals surface area contributed by atoms with Crippen LogP contribution in [0.3, 0.4) is 0 Å². The molecule has 2 atom stereocenters. The summed E-state index contributed by atoms with van der Waals surface area (Å²) in [5, 5.41) is 12.5. The third-order valence-corrected chi connectivity index (χ3v) is 6.44. The van der Waals surface area contributed by atoms with Crippen molar-refractivity contribution in [2.45, 2.75) is 11.8 Å². The lowest BCUT2D eigenvalue weighted by atomic mass is 9.92. The predicted octanol–water partition coefficient (Wildman–Crippen LogP) is 3.32. The van der Waals surface area contributed by atoms with Gasteiger partial charge >= 0.3 is 6.18 Å². The van der Waals surface area contributed by atoms with Gasteiger partial charge in [0.05, 0.1) is 18.8 Å². The Morgan fingerprint density at radius 1 is 0.900 bits per heavy atom. The second-order valence-corrected chi connectivity index (χ2v) is 8.59. The van der Waals surface area contributed by atoms with E-state index in [1.807, 2.05) is 24.3 Å². The van der Waals surface area contributed by atoms with Gasteiger partial charge in [0.25, 0.3) is 0 Å². The first kappa shape index (κ1) is 19.7. The fourth-order valence-electron chi connectivity index (χ4n) is 4.66. The highest BCUT2D eigenvalue weighted by Gasteiger charge is 2.41. The van der Waals surface area contributed by atoms with E-state index in [9.17, 15) is 18.3 Å². The first-order valence-corrected chi connectivity index (χ1v) is 10.1. The van der Waals surface area contributed by atoms with Crippen molar-refractivity contribution in [3.05, 3.63) is 59.7 Å². The molecule has 8 heteroatoms. The van der Waals surface area contributed by atoms with E-state index < -0.39 is 17.3 Å². The molecule has 2 unspecified atom stereocenters. The number of anilines is 2. The van der Waals surface area contributed by atoms with E-state index >= 15 is 0 Å². The second-order valence-electron chi connectivity index (χ2n) is 8.59. The van der Waals surface area contributed by atoms with Gasteiger partial charge in [0, 0.05) is 37.6 Å². The van der Waals surface area contributed by atoms with Crippen LogP contribution in [0, 0.1) is 11.8 Å². The number of benzene rings is 2. The minimum atomic E-state index is -4.30. The molecule has 3 aliphatic rings. The van der Waals surface area contributed by atoms with Gasteiger partial charge in [0.1, 0.15) is 5.60 Å². The predicted molar refractivity (Wildman–Crippen MR) is 107 cm³/mol. The molecule has 3 heterocycles.